The first-order valence-electron chi connectivity index (χ1n) is 9.17. The molecule has 2 heterocycles. The Labute approximate surface area is 170 Å². The highest BCUT2D eigenvalue weighted by Gasteiger charge is 2.15. The number of ether oxygens (including phenoxy) is 1. The highest BCUT2D eigenvalue weighted by atomic mass is 32.2. The van der Waals surface area contributed by atoms with Crippen molar-refractivity contribution in [2.45, 2.75) is 31.0 Å². The molecular formula is C20H21N3O3S2. The van der Waals surface area contributed by atoms with Gasteiger partial charge in [0.2, 0.25) is 5.91 Å². The van der Waals surface area contributed by atoms with Crippen LogP contribution in [0, 0.1) is 0 Å². The van der Waals surface area contributed by atoms with Gasteiger partial charge in [-0.3, -0.25) is 14.2 Å². The van der Waals surface area contributed by atoms with Gasteiger partial charge in [0.25, 0.3) is 5.56 Å². The molecule has 28 heavy (non-hydrogen) atoms. The first-order chi connectivity index (χ1) is 13.7. The van der Waals surface area contributed by atoms with Crippen LogP contribution >= 0.6 is 23.1 Å². The first kappa shape index (κ1) is 19.2. The molecule has 0 saturated heterocycles. The monoisotopic (exact) mass is 415 g/mol. The zero-order chi connectivity index (χ0) is 19.5. The van der Waals surface area contributed by atoms with E-state index in [2.05, 4.69) is 22.4 Å². The second-order valence-corrected chi connectivity index (χ2v) is 8.51. The zero-order valence-electron chi connectivity index (χ0n) is 15.6. The number of hydrogen-bond donors (Lipinski definition) is 1. The van der Waals surface area contributed by atoms with Crippen molar-refractivity contribution in [3.8, 4) is 0 Å². The van der Waals surface area contributed by atoms with Gasteiger partial charge in [0, 0.05) is 12.8 Å². The van der Waals surface area contributed by atoms with Gasteiger partial charge in [-0.1, -0.05) is 17.8 Å². The van der Waals surface area contributed by atoms with Crippen LogP contribution in [0.25, 0.3) is 10.2 Å². The van der Waals surface area contributed by atoms with Crippen LogP contribution in [-0.2, 0) is 28.9 Å². The number of nitrogens with zero attached hydrogens (tertiary/aromatic N) is 2. The number of fused-ring (bicyclic) bond motifs is 2. The number of aromatic nitrogens is 2. The molecule has 8 heteroatoms. The van der Waals surface area contributed by atoms with E-state index in [1.165, 1.54) is 40.6 Å². The van der Waals surface area contributed by atoms with Crippen LogP contribution in [0.2, 0.25) is 0 Å². The minimum absolute atomic E-state index is 0.0846. The lowest BCUT2D eigenvalue weighted by Gasteiger charge is -2.12. The Balaban J connectivity index is 1.48. The van der Waals surface area contributed by atoms with Gasteiger partial charge in [0.1, 0.15) is 4.70 Å². The molecule has 0 unspecified atom stereocenters. The Kier molecular flexibility index (Phi) is 5.79. The quantitative estimate of drug-likeness (QED) is 0.473. The number of thioether (sulfide) groups is 1. The van der Waals surface area contributed by atoms with Crippen molar-refractivity contribution < 1.29 is 9.53 Å². The molecule has 0 radical (unpaired) electrons. The molecule has 1 aliphatic rings. The summed E-state index contributed by atoms with van der Waals surface area (Å²) in [4.78, 5) is 29.7. The normalized spacial score (nSPS) is 13.0. The standard InChI is InChI=1S/C20H21N3O3S2/c1-26-9-8-23-19(25)18-16(7-10-27-18)22-20(23)28-12-17(24)21-15-6-5-13-3-2-4-14(13)11-15/h5-7,10-11H,2-4,8-9,12H2,1H3,(H,21,24). The van der Waals surface area contributed by atoms with E-state index < -0.39 is 0 Å². The highest BCUT2D eigenvalue weighted by molar-refractivity contribution is 7.99. The number of hydrogen-bond acceptors (Lipinski definition) is 6. The third-order valence-electron chi connectivity index (χ3n) is 4.76. The van der Waals surface area contributed by atoms with Crippen LogP contribution in [0.15, 0.2) is 39.6 Å². The second kappa shape index (κ2) is 8.46. The highest BCUT2D eigenvalue weighted by Crippen LogP contribution is 2.25. The molecule has 0 aliphatic heterocycles. The smallest absolute Gasteiger partial charge is 0.272 e. The van der Waals surface area contributed by atoms with Crippen molar-refractivity contribution in [3.63, 3.8) is 0 Å². The summed E-state index contributed by atoms with van der Waals surface area (Å²) >= 11 is 2.65. The van der Waals surface area contributed by atoms with Gasteiger partial charge in [-0.15, -0.1) is 11.3 Å². The summed E-state index contributed by atoms with van der Waals surface area (Å²) in [5, 5.41) is 5.35. The minimum Gasteiger partial charge on any atom is -0.383 e. The number of thiophene rings is 1. The third kappa shape index (κ3) is 3.99. The third-order valence-corrected chi connectivity index (χ3v) is 6.63. The number of aryl methyl sites for hydroxylation is 2. The van der Waals surface area contributed by atoms with Crippen molar-refractivity contribution in [2.75, 3.05) is 24.8 Å². The van der Waals surface area contributed by atoms with Crippen molar-refractivity contribution in [2.24, 2.45) is 0 Å². The summed E-state index contributed by atoms with van der Waals surface area (Å²) in [6.07, 6.45) is 3.37. The van der Waals surface area contributed by atoms with Crippen LogP contribution in [0.1, 0.15) is 17.5 Å². The molecule has 6 nitrogen and oxygen atoms in total. The minimum atomic E-state index is -0.110. The molecule has 1 aromatic carbocycles. The van der Waals surface area contributed by atoms with Crippen molar-refractivity contribution in [3.05, 3.63) is 51.1 Å². The lowest BCUT2D eigenvalue weighted by Crippen LogP contribution is -2.25. The molecular weight excluding hydrogens is 394 g/mol. The molecule has 1 aliphatic carbocycles. The first-order valence-corrected chi connectivity index (χ1v) is 11.0. The summed E-state index contributed by atoms with van der Waals surface area (Å²) in [5.41, 5.74) is 4.11. The number of benzene rings is 1. The van der Waals surface area contributed by atoms with Crippen molar-refractivity contribution >= 4 is 44.9 Å². The number of amides is 1. The fourth-order valence-corrected chi connectivity index (χ4v) is 4.99. The Morgan fingerprint density at radius 3 is 3.04 bits per heavy atom. The maximum Gasteiger partial charge on any atom is 0.272 e. The molecule has 1 N–H and O–H groups in total. The Morgan fingerprint density at radius 2 is 2.18 bits per heavy atom. The predicted octanol–water partition coefficient (Wildman–Crippen LogP) is 3.32. The average Bonchev–Trinajstić information content (AvgIpc) is 3.34. The summed E-state index contributed by atoms with van der Waals surface area (Å²) in [6.45, 7) is 0.818. The lowest BCUT2D eigenvalue weighted by atomic mass is 10.1. The largest absolute Gasteiger partial charge is 0.383 e. The number of nitrogens with one attached hydrogen (secondary N) is 1. The molecule has 3 aromatic rings. The molecule has 0 bridgehead atoms. The van der Waals surface area contributed by atoms with Crippen LogP contribution < -0.4 is 10.9 Å². The Morgan fingerprint density at radius 1 is 1.32 bits per heavy atom. The van der Waals surface area contributed by atoms with Gasteiger partial charge in [-0.25, -0.2) is 4.98 Å². The molecule has 0 saturated carbocycles. The van der Waals surface area contributed by atoms with Crippen LogP contribution in [0.4, 0.5) is 5.69 Å². The number of methoxy groups -OCH3 is 1. The summed E-state index contributed by atoms with van der Waals surface area (Å²) < 4.78 is 7.34. The van der Waals surface area contributed by atoms with Crippen LogP contribution in [0.5, 0.6) is 0 Å². The van der Waals surface area contributed by atoms with Crippen LogP contribution in [-0.4, -0.2) is 34.9 Å². The molecule has 146 valence electrons. The van der Waals surface area contributed by atoms with E-state index >= 15 is 0 Å². The fourth-order valence-electron chi connectivity index (χ4n) is 3.39. The molecule has 0 spiro atoms. The molecule has 2 aromatic heterocycles. The zero-order valence-corrected chi connectivity index (χ0v) is 17.2. The van der Waals surface area contributed by atoms with Crippen LogP contribution in [0.3, 0.4) is 0 Å². The predicted molar refractivity (Wildman–Crippen MR) is 114 cm³/mol. The Bertz CT molecular complexity index is 1070. The molecule has 1 amide bonds. The van der Waals surface area contributed by atoms with Crippen molar-refractivity contribution in [1.29, 1.82) is 0 Å². The number of carbonyl (C=O) groups excluding carboxylic acids is 1. The van der Waals surface area contributed by atoms with E-state index in [4.69, 9.17) is 4.74 Å². The fraction of sp³-hybridized carbons (Fsp3) is 0.350. The van der Waals surface area contributed by atoms with E-state index in [0.29, 0.717) is 28.5 Å². The number of anilines is 1. The lowest BCUT2D eigenvalue weighted by molar-refractivity contribution is -0.113. The summed E-state index contributed by atoms with van der Waals surface area (Å²) in [6, 6.07) is 7.95. The average molecular weight is 416 g/mol. The number of rotatable bonds is 7. The Hall–Kier alpha value is -2.16. The van der Waals surface area contributed by atoms with Gasteiger partial charge < -0.3 is 10.1 Å². The van der Waals surface area contributed by atoms with E-state index in [0.717, 1.165) is 18.5 Å². The van der Waals surface area contributed by atoms with E-state index in [1.807, 2.05) is 17.5 Å². The van der Waals surface area contributed by atoms with Gasteiger partial charge >= 0.3 is 0 Å². The van der Waals surface area contributed by atoms with E-state index in [1.54, 1.807) is 11.7 Å². The van der Waals surface area contributed by atoms with E-state index in [-0.39, 0.29) is 17.2 Å². The topological polar surface area (TPSA) is 73.2 Å². The second-order valence-electron chi connectivity index (χ2n) is 6.65. The SMILES string of the molecule is COCCn1c(SCC(=O)Nc2ccc3c(c2)CCC3)nc2ccsc2c1=O. The van der Waals surface area contributed by atoms with Gasteiger partial charge in [-0.05, 0) is 54.0 Å². The van der Waals surface area contributed by atoms with Gasteiger partial charge in [0.05, 0.1) is 24.4 Å². The molecule has 0 atom stereocenters. The summed E-state index contributed by atoms with van der Waals surface area (Å²) in [5.74, 6) is 0.0764. The molecule has 4 rings (SSSR count). The van der Waals surface area contributed by atoms with Gasteiger partial charge in [0.15, 0.2) is 5.16 Å². The maximum atomic E-state index is 12.7. The van der Waals surface area contributed by atoms with Crippen molar-refractivity contribution in [1.82, 2.24) is 9.55 Å². The molecule has 0 fully saturated rings. The summed E-state index contributed by atoms with van der Waals surface area (Å²) in [7, 11) is 1.60. The number of carbonyl (C=O) groups is 1. The van der Waals surface area contributed by atoms with E-state index in [9.17, 15) is 9.59 Å². The van der Waals surface area contributed by atoms with Gasteiger partial charge in [-0.2, -0.15) is 0 Å². The maximum absolute atomic E-state index is 12.7.